The minimum absolute atomic E-state index is 0.111. The summed E-state index contributed by atoms with van der Waals surface area (Å²) in [5.74, 6) is -1.42. The van der Waals surface area contributed by atoms with Gasteiger partial charge in [-0.25, -0.2) is 9.78 Å². The largest absolute Gasteiger partial charge is 0.478 e. The van der Waals surface area contributed by atoms with E-state index in [0.29, 0.717) is 15.4 Å². The predicted octanol–water partition coefficient (Wildman–Crippen LogP) is 4.13. The molecule has 0 aliphatic rings. The monoisotopic (exact) mass is 336 g/mol. The van der Waals surface area contributed by atoms with Gasteiger partial charge in [0.15, 0.2) is 4.47 Å². The standard InChI is InChI=1S/C12H8ClF3N2O2S/c13-11-18-5-7(21-11)4-17-9-2-1-6(10(19)20)3-8(9)12(14,15)16/h1-3,5,17H,4H2,(H,19,20). The molecule has 0 aliphatic carbocycles. The normalized spacial score (nSPS) is 11.4. The highest BCUT2D eigenvalue weighted by Crippen LogP contribution is 2.36. The maximum atomic E-state index is 13.0. The van der Waals surface area contributed by atoms with E-state index >= 15 is 0 Å². The number of thiazole rings is 1. The highest BCUT2D eigenvalue weighted by Gasteiger charge is 2.34. The molecule has 0 unspecified atom stereocenters. The third-order valence-electron chi connectivity index (χ3n) is 2.55. The minimum atomic E-state index is -4.65. The molecule has 0 aliphatic heterocycles. The molecule has 0 saturated carbocycles. The summed E-state index contributed by atoms with van der Waals surface area (Å²) in [5, 5.41) is 11.4. The number of aromatic carboxylic acids is 1. The quantitative estimate of drug-likeness (QED) is 0.881. The van der Waals surface area contributed by atoms with Gasteiger partial charge in [-0.05, 0) is 18.2 Å². The number of nitrogens with one attached hydrogen (secondary N) is 1. The molecule has 112 valence electrons. The van der Waals surface area contributed by atoms with E-state index < -0.39 is 23.3 Å². The first kappa shape index (κ1) is 15.6. The van der Waals surface area contributed by atoms with Gasteiger partial charge in [-0.15, -0.1) is 11.3 Å². The summed E-state index contributed by atoms with van der Waals surface area (Å²) in [6, 6.07) is 2.80. The SMILES string of the molecule is O=C(O)c1ccc(NCc2cnc(Cl)s2)c(C(F)(F)F)c1. The zero-order chi connectivity index (χ0) is 15.6. The molecule has 0 fully saturated rings. The summed E-state index contributed by atoms with van der Waals surface area (Å²) in [6.45, 7) is 0.111. The van der Waals surface area contributed by atoms with E-state index in [-0.39, 0.29) is 12.2 Å². The zero-order valence-electron chi connectivity index (χ0n) is 10.2. The Morgan fingerprint density at radius 3 is 2.67 bits per heavy atom. The van der Waals surface area contributed by atoms with Crippen LogP contribution in [0.2, 0.25) is 4.47 Å². The molecule has 0 radical (unpaired) electrons. The molecule has 4 nitrogen and oxygen atoms in total. The van der Waals surface area contributed by atoms with Crippen LogP contribution in [0.4, 0.5) is 18.9 Å². The van der Waals surface area contributed by atoms with Crippen LogP contribution in [0.25, 0.3) is 0 Å². The van der Waals surface area contributed by atoms with Crippen LogP contribution in [0.3, 0.4) is 0 Å². The lowest BCUT2D eigenvalue weighted by atomic mass is 10.1. The highest BCUT2D eigenvalue weighted by molar-refractivity contribution is 7.15. The Bertz CT molecular complexity index is 673. The maximum absolute atomic E-state index is 13.0. The summed E-state index contributed by atoms with van der Waals surface area (Å²) >= 11 is 6.78. The molecule has 0 spiro atoms. The first-order valence-electron chi connectivity index (χ1n) is 5.56. The maximum Gasteiger partial charge on any atom is 0.418 e. The second kappa shape index (κ2) is 5.90. The summed E-state index contributed by atoms with van der Waals surface area (Å²) in [7, 11) is 0. The Hall–Kier alpha value is -1.80. The number of hydrogen-bond acceptors (Lipinski definition) is 4. The number of rotatable bonds is 4. The molecule has 0 amide bonds. The van der Waals surface area contributed by atoms with Gasteiger partial charge in [0.25, 0.3) is 0 Å². The van der Waals surface area contributed by atoms with Crippen molar-refractivity contribution in [3.8, 4) is 0 Å². The van der Waals surface area contributed by atoms with Gasteiger partial charge in [-0.3, -0.25) is 0 Å². The number of carboxylic acid groups (broad SMARTS) is 1. The molecule has 2 aromatic rings. The Kier molecular flexibility index (Phi) is 4.38. The third kappa shape index (κ3) is 3.85. The molecule has 0 bridgehead atoms. The van der Waals surface area contributed by atoms with Crippen molar-refractivity contribution in [3.63, 3.8) is 0 Å². The summed E-state index contributed by atoms with van der Waals surface area (Å²) in [4.78, 5) is 15.2. The van der Waals surface area contributed by atoms with Crippen LogP contribution < -0.4 is 5.32 Å². The number of alkyl halides is 3. The summed E-state index contributed by atoms with van der Waals surface area (Å²) in [5.41, 5.74) is -1.65. The van der Waals surface area contributed by atoms with Crippen LogP contribution in [0.15, 0.2) is 24.4 Å². The fraction of sp³-hybridized carbons (Fsp3) is 0.167. The van der Waals surface area contributed by atoms with E-state index in [2.05, 4.69) is 10.3 Å². The van der Waals surface area contributed by atoms with E-state index in [1.165, 1.54) is 6.20 Å². The first-order valence-corrected chi connectivity index (χ1v) is 6.75. The number of nitrogens with zero attached hydrogens (tertiary/aromatic N) is 1. The van der Waals surface area contributed by atoms with Crippen LogP contribution in [-0.2, 0) is 12.7 Å². The fourth-order valence-corrected chi connectivity index (χ4v) is 2.53. The second-order valence-electron chi connectivity index (χ2n) is 4.00. The predicted molar refractivity (Wildman–Crippen MR) is 72.9 cm³/mol. The van der Waals surface area contributed by atoms with Crippen LogP contribution in [-0.4, -0.2) is 16.1 Å². The van der Waals surface area contributed by atoms with Crippen molar-refractivity contribution in [1.82, 2.24) is 4.98 Å². The Labute approximate surface area is 126 Å². The lowest BCUT2D eigenvalue weighted by Gasteiger charge is -2.14. The van der Waals surface area contributed by atoms with Crippen molar-refractivity contribution in [2.75, 3.05) is 5.32 Å². The molecule has 1 heterocycles. The first-order chi connectivity index (χ1) is 9.77. The molecule has 0 saturated heterocycles. The van der Waals surface area contributed by atoms with Crippen molar-refractivity contribution in [2.24, 2.45) is 0 Å². The topological polar surface area (TPSA) is 62.2 Å². The van der Waals surface area contributed by atoms with Crippen LogP contribution in [0.5, 0.6) is 0 Å². The number of halogens is 4. The summed E-state index contributed by atoms with van der Waals surface area (Å²) in [6.07, 6.45) is -3.20. The van der Waals surface area contributed by atoms with Crippen molar-refractivity contribution in [2.45, 2.75) is 12.7 Å². The van der Waals surface area contributed by atoms with Crippen molar-refractivity contribution < 1.29 is 23.1 Å². The van der Waals surface area contributed by atoms with Gasteiger partial charge in [0.05, 0.1) is 17.7 Å². The molecular weight excluding hydrogens is 329 g/mol. The van der Waals surface area contributed by atoms with Gasteiger partial charge >= 0.3 is 12.1 Å². The van der Waals surface area contributed by atoms with Gasteiger partial charge in [-0.2, -0.15) is 13.2 Å². The average Bonchev–Trinajstić information content (AvgIpc) is 2.81. The van der Waals surface area contributed by atoms with E-state index in [4.69, 9.17) is 16.7 Å². The lowest BCUT2D eigenvalue weighted by Crippen LogP contribution is -2.12. The molecule has 1 aromatic carbocycles. The van der Waals surface area contributed by atoms with Gasteiger partial charge < -0.3 is 10.4 Å². The van der Waals surface area contributed by atoms with Crippen LogP contribution in [0, 0.1) is 0 Å². The molecule has 0 atom stereocenters. The average molecular weight is 337 g/mol. The van der Waals surface area contributed by atoms with Gasteiger partial charge in [0.1, 0.15) is 0 Å². The molecule has 2 N–H and O–H groups in total. The molecule has 21 heavy (non-hydrogen) atoms. The van der Waals surface area contributed by atoms with Crippen molar-refractivity contribution >= 4 is 34.6 Å². The lowest BCUT2D eigenvalue weighted by molar-refractivity contribution is -0.137. The molecule has 9 heteroatoms. The smallest absolute Gasteiger partial charge is 0.418 e. The molecule has 1 aromatic heterocycles. The number of benzene rings is 1. The Morgan fingerprint density at radius 1 is 1.43 bits per heavy atom. The van der Waals surface area contributed by atoms with E-state index in [9.17, 15) is 18.0 Å². The third-order valence-corrected chi connectivity index (χ3v) is 3.67. The van der Waals surface area contributed by atoms with Gasteiger partial charge in [-0.1, -0.05) is 11.6 Å². The number of hydrogen-bond donors (Lipinski definition) is 2. The second-order valence-corrected chi connectivity index (χ2v) is 5.69. The number of carboxylic acids is 1. The molecular formula is C12H8ClF3N2O2S. The number of aromatic nitrogens is 1. The number of anilines is 1. The zero-order valence-corrected chi connectivity index (χ0v) is 11.8. The van der Waals surface area contributed by atoms with Crippen molar-refractivity contribution in [3.05, 3.63) is 44.9 Å². The fourth-order valence-electron chi connectivity index (χ4n) is 1.61. The minimum Gasteiger partial charge on any atom is -0.478 e. The van der Waals surface area contributed by atoms with Crippen LogP contribution in [0.1, 0.15) is 20.8 Å². The van der Waals surface area contributed by atoms with E-state index in [0.717, 1.165) is 23.5 Å². The Morgan fingerprint density at radius 2 is 2.14 bits per heavy atom. The van der Waals surface area contributed by atoms with Gasteiger partial charge in [0, 0.05) is 16.8 Å². The van der Waals surface area contributed by atoms with E-state index in [1.807, 2.05) is 0 Å². The van der Waals surface area contributed by atoms with Crippen LogP contribution >= 0.6 is 22.9 Å². The van der Waals surface area contributed by atoms with Crippen molar-refractivity contribution in [1.29, 1.82) is 0 Å². The highest BCUT2D eigenvalue weighted by atomic mass is 35.5. The number of carbonyl (C=O) groups is 1. The summed E-state index contributed by atoms with van der Waals surface area (Å²) < 4.78 is 39.2. The van der Waals surface area contributed by atoms with E-state index in [1.54, 1.807) is 0 Å². The molecule has 2 rings (SSSR count). The Balaban J connectivity index is 2.27. The van der Waals surface area contributed by atoms with Gasteiger partial charge in [0.2, 0.25) is 0 Å².